The molecule has 0 aliphatic heterocycles. The van der Waals surface area contributed by atoms with E-state index in [0.29, 0.717) is 0 Å². The average Bonchev–Trinajstić information content (AvgIpc) is 3.08. The zero-order chi connectivity index (χ0) is 12.2. The van der Waals surface area contributed by atoms with Crippen LogP contribution in [-0.4, -0.2) is 19.9 Å². The van der Waals surface area contributed by atoms with Crippen LogP contribution < -0.4 is 0 Å². The highest BCUT2D eigenvalue weighted by Gasteiger charge is 1.89. The Balaban J connectivity index is 0.000000111. The van der Waals surface area contributed by atoms with Crippen LogP contribution in [0.4, 0.5) is 0 Å². The van der Waals surface area contributed by atoms with Gasteiger partial charge in [0.1, 0.15) is 5.65 Å². The molecule has 0 amide bonds. The van der Waals surface area contributed by atoms with E-state index in [0.717, 1.165) is 22.1 Å². The maximum absolute atomic E-state index is 4.11. The minimum atomic E-state index is 0.956. The summed E-state index contributed by atoms with van der Waals surface area (Å²) >= 11 is 0. The first kappa shape index (κ1) is 10.5. The SMILES string of the molecule is c1cnc2[nH]ccc2c1.c1cnc2cc[nH]c2c1. The molecule has 0 fully saturated rings. The molecule has 0 unspecified atom stereocenters. The lowest BCUT2D eigenvalue weighted by atomic mass is 10.3. The van der Waals surface area contributed by atoms with Crippen molar-refractivity contribution in [2.75, 3.05) is 0 Å². The minimum absolute atomic E-state index is 0.956. The van der Waals surface area contributed by atoms with E-state index in [1.807, 2.05) is 48.8 Å². The second-order valence-electron chi connectivity index (χ2n) is 3.83. The van der Waals surface area contributed by atoms with Gasteiger partial charge in [-0.1, -0.05) is 0 Å². The number of aromatic nitrogens is 4. The van der Waals surface area contributed by atoms with Gasteiger partial charge in [-0.15, -0.1) is 0 Å². The quantitative estimate of drug-likeness (QED) is 0.493. The van der Waals surface area contributed by atoms with Gasteiger partial charge in [0.05, 0.1) is 11.0 Å². The van der Waals surface area contributed by atoms with Crippen molar-refractivity contribution in [2.24, 2.45) is 0 Å². The number of nitrogens with one attached hydrogen (secondary N) is 2. The van der Waals surface area contributed by atoms with Crippen molar-refractivity contribution >= 4 is 22.1 Å². The summed E-state index contributed by atoms with van der Waals surface area (Å²) in [4.78, 5) is 14.3. The van der Waals surface area contributed by atoms with Crippen LogP contribution in [0.5, 0.6) is 0 Å². The van der Waals surface area contributed by atoms with Crippen LogP contribution in [0.3, 0.4) is 0 Å². The van der Waals surface area contributed by atoms with Crippen LogP contribution >= 0.6 is 0 Å². The van der Waals surface area contributed by atoms with Gasteiger partial charge in [-0.25, -0.2) is 4.98 Å². The van der Waals surface area contributed by atoms with Gasteiger partial charge in [0, 0.05) is 30.2 Å². The third-order valence-electron chi connectivity index (χ3n) is 2.64. The largest absolute Gasteiger partial charge is 0.360 e. The summed E-state index contributed by atoms with van der Waals surface area (Å²) in [6, 6.07) is 11.8. The maximum atomic E-state index is 4.11. The standard InChI is InChI=1S/2C7H6N2/c1-2-6-7(8-4-1)3-5-9-6;1-2-6-3-5-9-7(6)8-4-1/h1-5,9H;1-5H,(H,8,9). The van der Waals surface area contributed by atoms with Crippen LogP contribution in [0.1, 0.15) is 0 Å². The van der Waals surface area contributed by atoms with Gasteiger partial charge in [-0.2, -0.15) is 0 Å². The number of nitrogens with zero attached hydrogens (tertiary/aromatic N) is 2. The van der Waals surface area contributed by atoms with E-state index in [1.165, 1.54) is 0 Å². The second-order valence-corrected chi connectivity index (χ2v) is 3.83. The summed E-state index contributed by atoms with van der Waals surface area (Å²) in [7, 11) is 0. The molecule has 4 heteroatoms. The minimum Gasteiger partial charge on any atom is -0.360 e. The number of H-pyrrole nitrogens is 2. The van der Waals surface area contributed by atoms with E-state index in [9.17, 15) is 0 Å². The molecule has 4 aromatic heterocycles. The molecule has 4 aromatic rings. The number of aromatic amines is 2. The van der Waals surface area contributed by atoms with E-state index in [1.54, 1.807) is 12.4 Å². The molecule has 0 saturated heterocycles. The van der Waals surface area contributed by atoms with Crippen molar-refractivity contribution in [3.05, 3.63) is 61.2 Å². The van der Waals surface area contributed by atoms with Crippen molar-refractivity contribution in [3.63, 3.8) is 0 Å². The lowest BCUT2D eigenvalue weighted by molar-refractivity contribution is 1.33. The Labute approximate surface area is 104 Å². The van der Waals surface area contributed by atoms with Crippen molar-refractivity contribution < 1.29 is 0 Å². The molecule has 4 heterocycles. The molecule has 88 valence electrons. The number of hydrogen-bond acceptors (Lipinski definition) is 2. The van der Waals surface area contributed by atoms with Crippen LogP contribution in [0.2, 0.25) is 0 Å². The molecule has 2 N–H and O–H groups in total. The molecule has 0 aromatic carbocycles. The Kier molecular flexibility index (Phi) is 2.75. The lowest BCUT2D eigenvalue weighted by Gasteiger charge is -1.82. The molecule has 0 atom stereocenters. The highest BCUT2D eigenvalue weighted by molar-refractivity contribution is 5.74. The van der Waals surface area contributed by atoms with Crippen molar-refractivity contribution in [2.45, 2.75) is 0 Å². The molecule has 4 rings (SSSR count). The van der Waals surface area contributed by atoms with Gasteiger partial charge >= 0.3 is 0 Å². The fraction of sp³-hybridized carbons (Fsp3) is 0. The number of hydrogen-bond donors (Lipinski definition) is 2. The molecular weight excluding hydrogens is 224 g/mol. The van der Waals surface area contributed by atoms with E-state index in [2.05, 4.69) is 19.9 Å². The molecule has 0 spiro atoms. The van der Waals surface area contributed by atoms with Crippen LogP contribution in [0, 0.1) is 0 Å². The van der Waals surface area contributed by atoms with Gasteiger partial charge < -0.3 is 9.97 Å². The van der Waals surface area contributed by atoms with E-state index in [-0.39, 0.29) is 0 Å². The van der Waals surface area contributed by atoms with Crippen molar-refractivity contribution in [1.29, 1.82) is 0 Å². The summed E-state index contributed by atoms with van der Waals surface area (Å²) in [6.45, 7) is 0. The number of rotatable bonds is 0. The summed E-state index contributed by atoms with van der Waals surface area (Å²) in [5.41, 5.74) is 3.08. The second kappa shape index (κ2) is 4.71. The van der Waals surface area contributed by atoms with Crippen molar-refractivity contribution in [3.8, 4) is 0 Å². The van der Waals surface area contributed by atoms with Gasteiger partial charge in [0.25, 0.3) is 0 Å². The molecule has 0 saturated carbocycles. The number of fused-ring (bicyclic) bond motifs is 2. The molecule has 0 radical (unpaired) electrons. The Morgan fingerprint density at radius 2 is 1.61 bits per heavy atom. The van der Waals surface area contributed by atoms with E-state index < -0.39 is 0 Å². The zero-order valence-electron chi connectivity index (χ0n) is 9.67. The molecule has 0 bridgehead atoms. The average molecular weight is 236 g/mol. The lowest BCUT2D eigenvalue weighted by Crippen LogP contribution is -1.70. The van der Waals surface area contributed by atoms with Crippen molar-refractivity contribution in [1.82, 2.24) is 19.9 Å². The van der Waals surface area contributed by atoms with E-state index >= 15 is 0 Å². The predicted octanol–water partition coefficient (Wildman–Crippen LogP) is 3.13. The highest BCUT2D eigenvalue weighted by atomic mass is 14.8. The summed E-state index contributed by atoms with van der Waals surface area (Å²) < 4.78 is 0. The van der Waals surface area contributed by atoms with Gasteiger partial charge in [-0.05, 0) is 36.4 Å². The predicted molar refractivity (Wildman–Crippen MR) is 72.2 cm³/mol. The summed E-state index contributed by atoms with van der Waals surface area (Å²) in [5, 5.41) is 1.16. The highest BCUT2D eigenvalue weighted by Crippen LogP contribution is 2.06. The molecule has 0 aliphatic rings. The fourth-order valence-electron chi connectivity index (χ4n) is 1.77. The van der Waals surface area contributed by atoms with Gasteiger partial charge in [0.15, 0.2) is 0 Å². The molecule has 4 nitrogen and oxygen atoms in total. The zero-order valence-corrected chi connectivity index (χ0v) is 9.67. The maximum Gasteiger partial charge on any atom is 0.137 e. The van der Waals surface area contributed by atoms with Crippen LogP contribution in [-0.2, 0) is 0 Å². The van der Waals surface area contributed by atoms with Crippen LogP contribution in [0.15, 0.2) is 61.2 Å². The Morgan fingerprint density at radius 1 is 0.778 bits per heavy atom. The van der Waals surface area contributed by atoms with Crippen LogP contribution in [0.25, 0.3) is 22.1 Å². The van der Waals surface area contributed by atoms with Gasteiger partial charge in [0.2, 0.25) is 0 Å². The smallest absolute Gasteiger partial charge is 0.137 e. The Hall–Kier alpha value is -2.62. The monoisotopic (exact) mass is 236 g/mol. The van der Waals surface area contributed by atoms with E-state index in [4.69, 9.17) is 0 Å². The first-order valence-electron chi connectivity index (χ1n) is 5.70. The Morgan fingerprint density at radius 3 is 2.50 bits per heavy atom. The third kappa shape index (κ3) is 2.08. The number of pyridine rings is 2. The fourth-order valence-corrected chi connectivity index (χ4v) is 1.77. The summed E-state index contributed by atoms with van der Waals surface area (Å²) in [6.07, 6.45) is 7.34. The molecule has 0 aliphatic carbocycles. The van der Waals surface area contributed by atoms with Gasteiger partial charge in [-0.3, -0.25) is 4.98 Å². The Bertz CT molecular complexity index is 628. The first-order valence-corrected chi connectivity index (χ1v) is 5.70. The third-order valence-corrected chi connectivity index (χ3v) is 2.64. The topological polar surface area (TPSA) is 57.4 Å². The molecule has 18 heavy (non-hydrogen) atoms. The summed E-state index contributed by atoms with van der Waals surface area (Å²) in [5.74, 6) is 0. The normalized spacial score (nSPS) is 10.2. The first-order chi connectivity index (χ1) is 8.93. The molecular formula is C14H12N4.